The Morgan fingerprint density at radius 3 is 2.23 bits per heavy atom. The van der Waals surface area contributed by atoms with Gasteiger partial charge >= 0.3 is 0 Å². The number of phenolic OH excluding ortho intramolecular Hbond substituents is 1. The summed E-state index contributed by atoms with van der Waals surface area (Å²) < 4.78 is 16.1. The molecular weight excluding hydrogens is 787 g/mol. The zero-order chi connectivity index (χ0) is 37.8. The zero-order valence-electron chi connectivity index (χ0n) is 28.9. The Bertz CT molecular complexity index is 2120. The predicted molar refractivity (Wildman–Crippen MR) is 205 cm³/mol. The number of phenols is 1. The molecule has 6 atom stereocenters. The van der Waals surface area contributed by atoms with E-state index in [9.17, 15) is 24.3 Å². The largest absolute Gasteiger partial charge is 0.504 e. The number of nitrogens with zero attached hydrogens (tertiary/aromatic N) is 2. The molecule has 4 amide bonds. The molecule has 274 valence electrons. The summed E-state index contributed by atoms with van der Waals surface area (Å²) in [6.07, 6.45) is 9.22. The number of allylic oxidation sites excluding steroid dienone is 3. The van der Waals surface area contributed by atoms with Gasteiger partial charge in [-0.15, -0.1) is 23.2 Å². The molecule has 0 radical (unpaired) electrons. The van der Waals surface area contributed by atoms with E-state index >= 15 is 0 Å². The van der Waals surface area contributed by atoms with Crippen LogP contribution < -0.4 is 19.1 Å². The van der Waals surface area contributed by atoms with Crippen LogP contribution in [0.25, 0.3) is 18.2 Å². The van der Waals surface area contributed by atoms with Crippen LogP contribution in [-0.4, -0.2) is 70.2 Å². The summed E-state index contributed by atoms with van der Waals surface area (Å²) in [5.41, 5.74) is 3.26. The highest BCUT2D eigenvalue weighted by Gasteiger charge is 2.75. The lowest BCUT2D eigenvalue weighted by atomic mass is 9.57. The normalized spacial score (nSPS) is 28.0. The lowest BCUT2D eigenvalue weighted by Gasteiger charge is -2.49. The SMILES string of the molecule is COc1ccc(OC)c(C=Cc2ccc(N3C(=O)C4CC=C5C(CC6(Cl)C(=O)N(CBr)C(=O)C6(Cl)C5C=Cc5ccc(O)c(OC)c5)C4C3=O)cc2)c1. The van der Waals surface area contributed by atoms with Crippen molar-refractivity contribution in [2.75, 3.05) is 31.7 Å². The lowest BCUT2D eigenvalue weighted by Crippen LogP contribution is -2.60. The molecule has 3 aromatic rings. The molecule has 4 aliphatic rings. The van der Waals surface area contributed by atoms with Gasteiger partial charge in [-0.3, -0.25) is 29.0 Å². The van der Waals surface area contributed by atoms with Gasteiger partial charge in [0.25, 0.3) is 11.8 Å². The molecule has 0 aromatic heterocycles. The minimum Gasteiger partial charge on any atom is -0.504 e. The molecule has 10 nitrogen and oxygen atoms in total. The first kappa shape index (κ1) is 36.8. The summed E-state index contributed by atoms with van der Waals surface area (Å²) in [5.74, 6) is -3.57. The fourth-order valence-electron chi connectivity index (χ4n) is 8.15. The first-order valence-electron chi connectivity index (χ1n) is 16.8. The second-order valence-electron chi connectivity index (χ2n) is 13.4. The van der Waals surface area contributed by atoms with Crippen LogP contribution in [-0.2, 0) is 19.2 Å². The van der Waals surface area contributed by atoms with Gasteiger partial charge in [-0.1, -0.05) is 70.1 Å². The molecule has 13 heteroatoms. The third-order valence-electron chi connectivity index (χ3n) is 10.8. The highest BCUT2D eigenvalue weighted by atomic mass is 79.9. The van der Waals surface area contributed by atoms with Crippen LogP contribution in [0.3, 0.4) is 0 Å². The number of anilines is 1. The van der Waals surface area contributed by atoms with Crippen LogP contribution in [0.1, 0.15) is 29.5 Å². The van der Waals surface area contributed by atoms with Crippen LogP contribution in [0.5, 0.6) is 23.0 Å². The van der Waals surface area contributed by atoms with Crippen molar-refractivity contribution in [1.82, 2.24) is 4.90 Å². The van der Waals surface area contributed by atoms with Gasteiger partial charge in [0.15, 0.2) is 21.2 Å². The van der Waals surface area contributed by atoms with Crippen molar-refractivity contribution in [1.29, 1.82) is 0 Å². The van der Waals surface area contributed by atoms with E-state index in [1.54, 1.807) is 50.6 Å². The van der Waals surface area contributed by atoms with Crippen molar-refractivity contribution in [2.24, 2.45) is 23.7 Å². The molecule has 0 bridgehead atoms. The van der Waals surface area contributed by atoms with E-state index in [0.29, 0.717) is 28.3 Å². The maximum Gasteiger partial charge on any atom is 0.254 e. The molecule has 2 heterocycles. The molecule has 0 spiro atoms. The highest BCUT2D eigenvalue weighted by Crippen LogP contribution is 2.63. The van der Waals surface area contributed by atoms with Crippen LogP contribution in [0.15, 0.2) is 78.4 Å². The monoisotopic (exact) mass is 820 g/mol. The van der Waals surface area contributed by atoms with Crippen molar-refractivity contribution in [3.05, 3.63) is 95.1 Å². The number of halogens is 3. The average molecular weight is 823 g/mol. The van der Waals surface area contributed by atoms with Gasteiger partial charge in [0.2, 0.25) is 11.8 Å². The van der Waals surface area contributed by atoms with Crippen molar-refractivity contribution in [2.45, 2.75) is 22.6 Å². The summed E-state index contributed by atoms with van der Waals surface area (Å²) in [4.78, 5) is 54.6. The molecule has 2 saturated heterocycles. The van der Waals surface area contributed by atoms with E-state index in [1.165, 1.54) is 18.1 Å². The molecule has 1 N–H and O–H groups in total. The molecule has 6 unspecified atom stereocenters. The van der Waals surface area contributed by atoms with Gasteiger partial charge in [0, 0.05) is 11.5 Å². The van der Waals surface area contributed by atoms with E-state index in [-0.39, 0.29) is 35.7 Å². The Hall–Kier alpha value is -4.58. The summed E-state index contributed by atoms with van der Waals surface area (Å²) in [5, 5.41) is 10.1. The first-order valence-corrected chi connectivity index (χ1v) is 18.7. The fraction of sp³-hybridized carbons (Fsp3) is 0.300. The molecule has 53 heavy (non-hydrogen) atoms. The molecule has 3 fully saturated rings. The molecule has 7 rings (SSSR count). The predicted octanol–water partition coefficient (Wildman–Crippen LogP) is 7.05. The number of carbonyl (C=O) groups excluding carboxylic acids is 4. The molecular formula is C40H35BrCl2N2O8. The van der Waals surface area contributed by atoms with Crippen LogP contribution in [0.2, 0.25) is 0 Å². The van der Waals surface area contributed by atoms with E-state index in [1.807, 2.05) is 48.6 Å². The van der Waals surface area contributed by atoms with Gasteiger partial charge in [0.1, 0.15) is 11.5 Å². The third kappa shape index (κ3) is 5.75. The third-order valence-corrected chi connectivity index (χ3v) is 12.7. The molecule has 2 aliphatic carbocycles. The summed E-state index contributed by atoms with van der Waals surface area (Å²) >= 11 is 17.8. The number of rotatable bonds is 9. The Kier molecular flexibility index (Phi) is 9.71. The summed E-state index contributed by atoms with van der Waals surface area (Å²) in [7, 11) is 4.62. The number of carbonyl (C=O) groups is 4. The number of likely N-dealkylation sites (tertiary alicyclic amines) is 1. The lowest BCUT2D eigenvalue weighted by molar-refractivity contribution is -0.138. The zero-order valence-corrected chi connectivity index (χ0v) is 32.0. The molecule has 2 aliphatic heterocycles. The summed E-state index contributed by atoms with van der Waals surface area (Å²) in [6, 6.07) is 17.3. The topological polar surface area (TPSA) is 123 Å². The van der Waals surface area contributed by atoms with Crippen LogP contribution >= 0.6 is 39.1 Å². The van der Waals surface area contributed by atoms with E-state index in [4.69, 9.17) is 37.4 Å². The Morgan fingerprint density at radius 1 is 0.830 bits per heavy atom. The minimum absolute atomic E-state index is 0.0458. The number of aromatic hydroxyl groups is 1. The Morgan fingerprint density at radius 2 is 1.55 bits per heavy atom. The van der Waals surface area contributed by atoms with Crippen molar-refractivity contribution in [3.63, 3.8) is 0 Å². The Labute approximate surface area is 324 Å². The minimum atomic E-state index is -1.91. The second kappa shape index (κ2) is 14.0. The van der Waals surface area contributed by atoms with Crippen LogP contribution in [0.4, 0.5) is 5.69 Å². The number of hydrogen-bond donors (Lipinski definition) is 1. The number of ether oxygens (including phenoxy) is 3. The van der Waals surface area contributed by atoms with Crippen molar-refractivity contribution >= 4 is 86.7 Å². The smallest absolute Gasteiger partial charge is 0.254 e. The highest BCUT2D eigenvalue weighted by molar-refractivity contribution is 9.09. The van der Waals surface area contributed by atoms with Crippen molar-refractivity contribution < 1.29 is 38.5 Å². The van der Waals surface area contributed by atoms with E-state index in [0.717, 1.165) is 16.0 Å². The number of methoxy groups -OCH3 is 3. The fourth-order valence-corrected chi connectivity index (χ4v) is 9.53. The van der Waals surface area contributed by atoms with Gasteiger partial charge < -0.3 is 19.3 Å². The summed E-state index contributed by atoms with van der Waals surface area (Å²) in [6.45, 7) is 0. The number of fused-ring (bicyclic) bond motifs is 4. The number of alkyl halides is 3. The van der Waals surface area contributed by atoms with Crippen LogP contribution in [0, 0.1) is 23.7 Å². The standard InChI is InChI=1S/C40H35BrCl2N2O8/c1-51-26-12-17-32(52-2)24(19-26)9-4-22-5-10-25(11-6-22)45-35(47)28-14-13-27-29(34(28)36(45)48)20-39(42)37(49)44(21-41)38(50)40(39,43)30(27)15-7-23-8-16-31(46)33(18-23)53-3/h4-13,15-19,28-30,34,46H,14,20-21H2,1-3H3. The molecule has 1 saturated carbocycles. The maximum absolute atomic E-state index is 14.4. The molecule has 3 aromatic carbocycles. The van der Waals surface area contributed by atoms with Gasteiger partial charge in [-0.2, -0.15) is 0 Å². The van der Waals surface area contributed by atoms with Crippen molar-refractivity contribution in [3.8, 4) is 23.0 Å². The second-order valence-corrected chi connectivity index (χ2v) is 15.1. The average Bonchev–Trinajstić information content (AvgIpc) is 3.51. The maximum atomic E-state index is 14.4. The van der Waals surface area contributed by atoms with E-state index in [2.05, 4.69) is 15.9 Å². The number of benzene rings is 3. The first-order chi connectivity index (χ1) is 25.4. The van der Waals surface area contributed by atoms with Gasteiger partial charge in [-0.25, -0.2) is 0 Å². The number of imide groups is 2. The van der Waals surface area contributed by atoms with Gasteiger partial charge in [-0.05, 0) is 72.4 Å². The van der Waals surface area contributed by atoms with E-state index < -0.39 is 51.1 Å². The number of amides is 4. The Balaban J connectivity index is 1.21. The number of hydrogen-bond acceptors (Lipinski definition) is 8. The quantitative estimate of drug-likeness (QED) is 0.0802. The van der Waals surface area contributed by atoms with Gasteiger partial charge in [0.05, 0.1) is 44.3 Å².